The zero-order valence-electron chi connectivity index (χ0n) is 10.7. The van der Waals surface area contributed by atoms with Gasteiger partial charge >= 0.3 is 0 Å². The fourth-order valence-corrected chi connectivity index (χ4v) is 2.47. The molecule has 0 fully saturated rings. The van der Waals surface area contributed by atoms with E-state index >= 15 is 0 Å². The van der Waals surface area contributed by atoms with E-state index in [1.165, 1.54) is 17.7 Å². The summed E-state index contributed by atoms with van der Waals surface area (Å²) in [4.78, 5) is 2.37. The van der Waals surface area contributed by atoms with Crippen molar-refractivity contribution in [3.05, 3.63) is 28.2 Å². The van der Waals surface area contributed by atoms with Gasteiger partial charge in [-0.15, -0.1) is 0 Å². The molecular formula is C13H21BrN2S. The van der Waals surface area contributed by atoms with E-state index in [4.69, 9.17) is 5.73 Å². The molecule has 17 heavy (non-hydrogen) atoms. The van der Waals surface area contributed by atoms with E-state index in [0.717, 1.165) is 16.7 Å². The Morgan fingerprint density at radius 2 is 2.18 bits per heavy atom. The van der Waals surface area contributed by atoms with Crippen molar-refractivity contribution in [1.29, 1.82) is 0 Å². The third-order valence-corrected chi connectivity index (χ3v) is 4.35. The summed E-state index contributed by atoms with van der Waals surface area (Å²) in [7, 11) is 2.17. The van der Waals surface area contributed by atoms with Gasteiger partial charge in [-0.25, -0.2) is 0 Å². The molecule has 1 aromatic carbocycles. The number of anilines is 1. The van der Waals surface area contributed by atoms with Crippen LogP contribution in [0.2, 0.25) is 0 Å². The maximum absolute atomic E-state index is 5.88. The predicted octanol–water partition coefficient (Wildman–Crippen LogP) is 3.60. The quantitative estimate of drug-likeness (QED) is 0.813. The zero-order chi connectivity index (χ0) is 12.8. The lowest BCUT2D eigenvalue weighted by molar-refractivity contribution is 0.245. The van der Waals surface area contributed by atoms with E-state index in [0.29, 0.717) is 6.04 Å². The SMILES string of the molecule is CSCCC(C)N(C)Cc1ccc(Br)c(N)c1. The van der Waals surface area contributed by atoms with Crippen LogP contribution in [0.4, 0.5) is 5.69 Å². The van der Waals surface area contributed by atoms with Gasteiger partial charge in [0.15, 0.2) is 0 Å². The Morgan fingerprint density at radius 1 is 1.47 bits per heavy atom. The van der Waals surface area contributed by atoms with Crippen LogP contribution < -0.4 is 5.73 Å². The van der Waals surface area contributed by atoms with Gasteiger partial charge in [0.1, 0.15) is 0 Å². The normalized spacial score (nSPS) is 13.0. The van der Waals surface area contributed by atoms with Gasteiger partial charge in [-0.1, -0.05) is 6.07 Å². The number of nitrogens with zero attached hydrogens (tertiary/aromatic N) is 1. The third-order valence-electron chi connectivity index (χ3n) is 2.98. The molecule has 96 valence electrons. The number of benzene rings is 1. The van der Waals surface area contributed by atoms with Crippen molar-refractivity contribution >= 4 is 33.4 Å². The number of nitrogen functional groups attached to an aromatic ring is 1. The topological polar surface area (TPSA) is 29.3 Å². The molecule has 0 radical (unpaired) electrons. The van der Waals surface area contributed by atoms with Crippen molar-refractivity contribution in [2.75, 3.05) is 24.8 Å². The van der Waals surface area contributed by atoms with Crippen molar-refractivity contribution in [2.45, 2.75) is 25.9 Å². The highest BCUT2D eigenvalue weighted by Gasteiger charge is 2.09. The molecule has 0 bridgehead atoms. The molecule has 2 nitrogen and oxygen atoms in total. The summed E-state index contributed by atoms with van der Waals surface area (Å²) in [6, 6.07) is 6.79. The summed E-state index contributed by atoms with van der Waals surface area (Å²) in [6.45, 7) is 3.23. The predicted molar refractivity (Wildman–Crippen MR) is 82.5 cm³/mol. The molecule has 2 N–H and O–H groups in total. The minimum Gasteiger partial charge on any atom is -0.398 e. The number of thioether (sulfide) groups is 1. The maximum Gasteiger partial charge on any atom is 0.0461 e. The lowest BCUT2D eigenvalue weighted by Gasteiger charge is -2.24. The van der Waals surface area contributed by atoms with Gasteiger partial charge in [0.25, 0.3) is 0 Å². The van der Waals surface area contributed by atoms with Crippen LogP contribution in [0.5, 0.6) is 0 Å². The molecule has 1 atom stereocenters. The Balaban J connectivity index is 2.55. The maximum atomic E-state index is 5.88. The largest absolute Gasteiger partial charge is 0.398 e. The summed E-state index contributed by atoms with van der Waals surface area (Å²) in [5.41, 5.74) is 7.96. The molecule has 0 aliphatic rings. The fraction of sp³-hybridized carbons (Fsp3) is 0.538. The van der Waals surface area contributed by atoms with E-state index in [9.17, 15) is 0 Å². The van der Waals surface area contributed by atoms with Gasteiger partial charge in [-0.3, -0.25) is 4.90 Å². The second-order valence-electron chi connectivity index (χ2n) is 4.40. The highest BCUT2D eigenvalue weighted by atomic mass is 79.9. The number of halogens is 1. The molecule has 0 spiro atoms. The van der Waals surface area contributed by atoms with Crippen molar-refractivity contribution in [2.24, 2.45) is 0 Å². The second kappa shape index (κ2) is 7.29. The Hall–Kier alpha value is -0.190. The Bertz CT molecular complexity index is 357. The lowest BCUT2D eigenvalue weighted by Crippen LogP contribution is -2.29. The van der Waals surface area contributed by atoms with Crippen molar-refractivity contribution in [3.8, 4) is 0 Å². The number of hydrogen-bond donors (Lipinski definition) is 1. The van der Waals surface area contributed by atoms with Crippen LogP contribution in [0.15, 0.2) is 22.7 Å². The molecule has 1 unspecified atom stereocenters. The van der Waals surface area contributed by atoms with Crippen LogP contribution in [0.1, 0.15) is 18.9 Å². The molecule has 0 heterocycles. The lowest BCUT2D eigenvalue weighted by atomic mass is 10.1. The third kappa shape index (κ3) is 4.90. The van der Waals surface area contributed by atoms with Crippen molar-refractivity contribution in [1.82, 2.24) is 4.90 Å². The van der Waals surface area contributed by atoms with E-state index in [-0.39, 0.29) is 0 Å². The van der Waals surface area contributed by atoms with Crippen LogP contribution in [-0.4, -0.2) is 30.0 Å². The standard InChI is InChI=1S/C13H21BrN2S/c1-10(6-7-17-3)16(2)9-11-4-5-12(14)13(15)8-11/h4-5,8,10H,6-7,9,15H2,1-3H3. The zero-order valence-corrected chi connectivity index (χ0v) is 13.1. The van der Waals surface area contributed by atoms with Crippen LogP contribution in [0.25, 0.3) is 0 Å². The molecule has 0 saturated heterocycles. The van der Waals surface area contributed by atoms with Crippen LogP contribution in [-0.2, 0) is 6.54 Å². The smallest absolute Gasteiger partial charge is 0.0461 e. The molecule has 4 heteroatoms. The van der Waals surface area contributed by atoms with Crippen LogP contribution in [0.3, 0.4) is 0 Å². The van der Waals surface area contributed by atoms with E-state index < -0.39 is 0 Å². The summed E-state index contributed by atoms with van der Waals surface area (Å²) in [6.07, 6.45) is 3.38. The molecule has 0 saturated carbocycles. The first-order chi connectivity index (χ1) is 8.04. The Kier molecular flexibility index (Phi) is 6.38. The first-order valence-electron chi connectivity index (χ1n) is 5.77. The Morgan fingerprint density at radius 3 is 2.76 bits per heavy atom. The molecule has 1 rings (SSSR count). The first-order valence-corrected chi connectivity index (χ1v) is 7.96. The van der Waals surface area contributed by atoms with Crippen LogP contribution >= 0.6 is 27.7 Å². The van der Waals surface area contributed by atoms with E-state index in [1.54, 1.807) is 0 Å². The molecule has 0 aromatic heterocycles. The van der Waals surface area contributed by atoms with E-state index in [2.05, 4.69) is 47.1 Å². The minimum atomic E-state index is 0.604. The van der Waals surface area contributed by atoms with E-state index in [1.807, 2.05) is 23.9 Å². The van der Waals surface area contributed by atoms with Gasteiger partial charge in [0.2, 0.25) is 0 Å². The van der Waals surface area contributed by atoms with Gasteiger partial charge in [-0.05, 0) is 66.0 Å². The summed E-state index contributed by atoms with van der Waals surface area (Å²) in [5.74, 6) is 1.22. The van der Waals surface area contributed by atoms with Gasteiger partial charge in [-0.2, -0.15) is 11.8 Å². The number of rotatable bonds is 6. The molecule has 0 amide bonds. The summed E-state index contributed by atoms with van der Waals surface area (Å²) < 4.78 is 0.972. The summed E-state index contributed by atoms with van der Waals surface area (Å²) in [5, 5.41) is 0. The second-order valence-corrected chi connectivity index (χ2v) is 6.24. The number of nitrogens with two attached hydrogens (primary N) is 1. The minimum absolute atomic E-state index is 0.604. The van der Waals surface area contributed by atoms with Crippen LogP contribution in [0, 0.1) is 0 Å². The number of hydrogen-bond acceptors (Lipinski definition) is 3. The molecular weight excluding hydrogens is 296 g/mol. The highest BCUT2D eigenvalue weighted by Crippen LogP contribution is 2.21. The van der Waals surface area contributed by atoms with Crippen molar-refractivity contribution in [3.63, 3.8) is 0 Å². The highest BCUT2D eigenvalue weighted by molar-refractivity contribution is 9.10. The van der Waals surface area contributed by atoms with Gasteiger partial charge < -0.3 is 5.73 Å². The average Bonchev–Trinajstić information content (AvgIpc) is 2.30. The molecule has 0 aliphatic heterocycles. The summed E-state index contributed by atoms with van der Waals surface area (Å²) >= 11 is 5.32. The fourth-order valence-electron chi connectivity index (χ4n) is 1.64. The van der Waals surface area contributed by atoms with Gasteiger partial charge in [0, 0.05) is 22.7 Å². The average molecular weight is 317 g/mol. The molecule has 0 aliphatic carbocycles. The van der Waals surface area contributed by atoms with Crippen molar-refractivity contribution < 1.29 is 0 Å². The first kappa shape index (κ1) is 14.9. The van der Waals surface area contributed by atoms with Gasteiger partial charge in [0.05, 0.1) is 0 Å². The monoisotopic (exact) mass is 316 g/mol. The Labute approximate surface area is 117 Å². The molecule has 1 aromatic rings.